The molecule has 3 rings (SSSR count). The zero-order chi connectivity index (χ0) is 13.5. The highest BCUT2D eigenvalue weighted by Crippen LogP contribution is 2.30. The molecule has 0 radical (unpaired) electrons. The van der Waals surface area contributed by atoms with Crippen LogP contribution in [0.2, 0.25) is 0 Å². The van der Waals surface area contributed by atoms with Crippen molar-refractivity contribution < 1.29 is 13.2 Å². The molecule has 2 aromatic heterocycles. The molecular weight excluding hydrogens is 257 g/mol. The third-order valence-electron chi connectivity index (χ3n) is 2.93. The molecule has 0 spiro atoms. The molecule has 0 saturated heterocycles. The van der Waals surface area contributed by atoms with E-state index in [1.54, 1.807) is 17.2 Å². The zero-order valence-electron chi connectivity index (χ0n) is 9.72. The van der Waals surface area contributed by atoms with Crippen LogP contribution in [0.15, 0.2) is 30.7 Å². The number of rotatable bonds is 1. The Morgan fingerprint density at radius 2 is 2.00 bits per heavy atom. The Balaban J connectivity index is 1.90. The molecule has 1 aliphatic heterocycles. The van der Waals surface area contributed by atoms with E-state index in [1.165, 1.54) is 12.4 Å². The lowest BCUT2D eigenvalue weighted by Crippen LogP contribution is -2.18. The Hall–Kier alpha value is -2.18. The van der Waals surface area contributed by atoms with Crippen molar-refractivity contribution >= 4 is 5.82 Å². The molecule has 0 aromatic carbocycles. The van der Waals surface area contributed by atoms with Crippen LogP contribution < -0.4 is 4.90 Å². The summed E-state index contributed by atoms with van der Waals surface area (Å²) in [5, 5.41) is 0. The number of nitrogens with zero attached hydrogens (tertiary/aromatic N) is 4. The maximum atomic E-state index is 12.6. The van der Waals surface area contributed by atoms with Crippen LogP contribution in [0.5, 0.6) is 0 Å². The summed E-state index contributed by atoms with van der Waals surface area (Å²) >= 11 is 0. The van der Waals surface area contributed by atoms with Gasteiger partial charge in [-0.15, -0.1) is 0 Å². The van der Waals surface area contributed by atoms with Crippen LogP contribution in [-0.2, 0) is 19.3 Å². The number of fused-ring (bicyclic) bond motifs is 1. The van der Waals surface area contributed by atoms with Crippen LogP contribution >= 0.6 is 0 Å². The Morgan fingerprint density at radius 3 is 2.74 bits per heavy atom. The van der Waals surface area contributed by atoms with E-state index >= 15 is 0 Å². The van der Waals surface area contributed by atoms with Gasteiger partial charge >= 0.3 is 6.18 Å². The number of pyridine rings is 1. The third kappa shape index (κ3) is 2.23. The Labute approximate surface area is 106 Å². The molecule has 0 N–H and O–H groups in total. The summed E-state index contributed by atoms with van der Waals surface area (Å²) < 4.78 is 37.8. The fourth-order valence-electron chi connectivity index (χ4n) is 2.02. The fraction of sp³-hybridized carbons (Fsp3) is 0.250. The number of halogens is 3. The van der Waals surface area contributed by atoms with Crippen LogP contribution in [0.3, 0.4) is 0 Å². The van der Waals surface area contributed by atoms with Gasteiger partial charge in [-0.2, -0.15) is 13.2 Å². The van der Waals surface area contributed by atoms with Crippen LogP contribution in [0, 0.1) is 0 Å². The molecule has 2 aromatic rings. The van der Waals surface area contributed by atoms with Gasteiger partial charge in [0.05, 0.1) is 12.2 Å². The van der Waals surface area contributed by atoms with Gasteiger partial charge in [-0.05, 0) is 12.1 Å². The topological polar surface area (TPSA) is 41.9 Å². The minimum absolute atomic E-state index is 0.299. The molecular formula is C12H9F3N4. The Morgan fingerprint density at radius 1 is 1.16 bits per heavy atom. The van der Waals surface area contributed by atoms with E-state index < -0.39 is 11.9 Å². The molecule has 0 saturated carbocycles. The Bertz CT molecular complexity index is 587. The predicted octanol–water partition coefficient (Wildman–Crippen LogP) is 2.41. The summed E-state index contributed by atoms with van der Waals surface area (Å²) in [7, 11) is 0. The first-order valence-corrected chi connectivity index (χ1v) is 5.61. The maximum Gasteiger partial charge on any atom is 0.433 e. The quantitative estimate of drug-likeness (QED) is 0.795. The van der Waals surface area contributed by atoms with Gasteiger partial charge in [0.25, 0.3) is 0 Å². The van der Waals surface area contributed by atoms with Crippen LogP contribution in [0.1, 0.15) is 17.0 Å². The van der Waals surface area contributed by atoms with E-state index in [9.17, 15) is 13.2 Å². The van der Waals surface area contributed by atoms with Crippen LogP contribution in [-0.4, -0.2) is 15.0 Å². The number of anilines is 1. The zero-order valence-corrected chi connectivity index (χ0v) is 9.72. The van der Waals surface area contributed by atoms with E-state index in [2.05, 4.69) is 15.0 Å². The smallest absolute Gasteiger partial charge is 0.346 e. The van der Waals surface area contributed by atoms with Crippen LogP contribution in [0.4, 0.5) is 19.0 Å². The van der Waals surface area contributed by atoms with Gasteiger partial charge in [-0.25, -0.2) is 15.0 Å². The van der Waals surface area contributed by atoms with E-state index in [0.29, 0.717) is 18.9 Å². The van der Waals surface area contributed by atoms with Crippen molar-refractivity contribution in [3.05, 3.63) is 47.7 Å². The summed E-state index contributed by atoms with van der Waals surface area (Å²) in [4.78, 5) is 13.4. The lowest BCUT2D eigenvalue weighted by molar-refractivity contribution is -0.141. The van der Waals surface area contributed by atoms with Crippen molar-refractivity contribution in [2.75, 3.05) is 4.90 Å². The lowest BCUT2D eigenvalue weighted by Gasteiger charge is -2.17. The first kappa shape index (κ1) is 11.9. The van der Waals surface area contributed by atoms with Crippen molar-refractivity contribution in [1.82, 2.24) is 15.0 Å². The van der Waals surface area contributed by atoms with Crippen molar-refractivity contribution in [3.8, 4) is 0 Å². The highest BCUT2D eigenvalue weighted by Gasteiger charge is 2.33. The van der Waals surface area contributed by atoms with Gasteiger partial charge < -0.3 is 4.90 Å². The molecule has 1 aliphatic rings. The second-order valence-corrected chi connectivity index (χ2v) is 4.23. The monoisotopic (exact) mass is 266 g/mol. The normalized spacial score (nSPS) is 14.6. The Kier molecular flexibility index (Phi) is 2.62. The molecule has 0 atom stereocenters. The highest BCUT2D eigenvalue weighted by molar-refractivity contribution is 5.45. The van der Waals surface area contributed by atoms with E-state index in [1.807, 2.05) is 0 Å². The third-order valence-corrected chi connectivity index (χ3v) is 2.93. The SMILES string of the molecule is FC(F)(F)c1cccc(N2Cc3cncnc3C2)n1. The molecule has 4 nitrogen and oxygen atoms in total. The lowest BCUT2D eigenvalue weighted by atomic mass is 10.3. The summed E-state index contributed by atoms with van der Waals surface area (Å²) in [5.74, 6) is 0.299. The first-order chi connectivity index (χ1) is 9.04. The molecule has 0 aliphatic carbocycles. The van der Waals surface area contributed by atoms with Crippen molar-refractivity contribution in [1.29, 1.82) is 0 Å². The van der Waals surface area contributed by atoms with Crippen molar-refractivity contribution in [2.45, 2.75) is 19.3 Å². The summed E-state index contributed by atoms with van der Waals surface area (Å²) in [6.07, 6.45) is -1.32. The average Bonchev–Trinajstić information content (AvgIpc) is 2.81. The molecule has 7 heteroatoms. The van der Waals surface area contributed by atoms with E-state index in [4.69, 9.17) is 0 Å². The molecule has 0 fully saturated rings. The molecule has 3 heterocycles. The van der Waals surface area contributed by atoms with Gasteiger partial charge in [0.2, 0.25) is 0 Å². The molecule has 0 unspecified atom stereocenters. The molecule has 19 heavy (non-hydrogen) atoms. The van der Waals surface area contributed by atoms with Crippen molar-refractivity contribution in [3.63, 3.8) is 0 Å². The number of hydrogen-bond acceptors (Lipinski definition) is 4. The minimum atomic E-state index is -4.43. The van der Waals surface area contributed by atoms with Gasteiger partial charge in [0.15, 0.2) is 0 Å². The first-order valence-electron chi connectivity index (χ1n) is 5.61. The number of alkyl halides is 3. The minimum Gasteiger partial charge on any atom is -0.346 e. The number of hydrogen-bond donors (Lipinski definition) is 0. The molecule has 98 valence electrons. The molecule has 0 bridgehead atoms. The van der Waals surface area contributed by atoms with Gasteiger partial charge in [-0.3, -0.25) is 0 Å². The average molecular weight is 266 g/mol. The van der Waals surface area contributed by atoms with Crippen LogP contribution in [0.25, 0.3) is 0 Å². The maximum absolute atomic E-state index is 12.6. The van der Waals surface area contributed by atoms with Gasteiger partial charge in [-0.1, -0.05) is 6.07 Å². The fourth-order valence-corrected chi connectivity index (χ4v) is 2.02. The summed E-state index contributed by atoms with van der Waals surface area (Å²) in [5.41, 5.74) is 0.864. The van der Waals surface area contributed by atoms with Gasteiger partial charge in [0, 0.05) is 18.3 Å². The second kappa shape index (κ2) is 4.18. The summed E-state index contributed by atoms with van der Waals surface area (Å²) in [6, 6.07) is 3.89. The largest absolute Gasteiger partial charge is 0.433 e. The highest BCUT2D eigenvalue weighted by atomic mass is 19.4. The molecule has 0 amide bonds. The summed E-state index contributed by atoms with van der Waals surface area (Å²) in [6.45, 7) is 0.927. The van der Waals surface area contributed by atoms with E-state index in [-0.39, 0.29) is 0 Å². The van der Waals surface area contributed by atoms with Crippen molar-refractivity contribution in [2.24, 2.45) is 0 Å². The second-order valence-electron chi connectivity index (χ2n) is 4.23. The standard InChI is InChI=1S/C12H9F3N4/c13-12(14,15)10-2-1-3-11(18-10)19-5-8-4-16-7-17-9(8)6-19/h1-4,7H,5-6H2. The number of aromatic nitrogens is 3. The van der Waals surface area contributed by atoms with E-state index in [0.717, 1.165) is 17.3 Å². The predicted molar refractivity (Wildman–Crippen MR) is 61.2 cm³/mol. The van der Waals surface area contributed by atoms with Gasteiger partial charge in [0.1, 0.15) is 17.8 Å².